The normalized spacial score (nSPS) is 24.0. The zero-order valence-electron chi connectivity index (χ0n) is 23.1. The van der Waals surface area contributed by atoms with Gasteiger partial charge in [0.1, 0.15) is 16.8 Å². The molecule has 5 heterocycles. The highest BCUT2D eigenvalue weighted by molar-refractivity contribution is 8.00. The molecule has 0 saturated carbocycles. The SMILES string of the molecule is Nc1nc(C(=NOCC(=O)O)C(=O)NC2C(=O)N3CC(CSc4nnnn4CCCN4CCOCC4)(C(=O)O)CS[C@H]23)ns1. The molecule has 238 valence electrons. The van der Waals surface area contributed by atoms with Crippen LogP contribution in [-0.2, 0) is 35.3 Å². The molecule has 0 spiro atoms. The molecule has 0 aliphatic carbocycles. The number of nitrogen functional groups attached to an aromatic ring is 1. The topological polar surface area (TPSA) is 253 Å². The van der Waals surface area contributed by atoms with Crippen LogP contribution in [0.2, 0.25) is 0 Å². The Morgan fingerprint density at radius 3 is 2.75 bits per heavy atom. The van der Waals surface area contributed by atoms with Gasteiger partial charge in [0.25, 0.3) is 5.91 Å². The predicted octanol–water partition coefficient (Wildman–Crippen LogP) is -2.10. The van der Waals surface area contributed by atoms with E-state index in [1.165, 1.54) is 28.4 Å². The number of amides is 2. The molecular formula is C22H29N11O8S3. The highest BCUT2D eigenvalue weighted by Gasteiger charge is 2.57. The molecule has 19 nitrogen and oxygen atoms in total. The van der Waals surface area contributed by atoms with Crippen molar-refractivity contribution >= 4 is 69.7 Å². The lowest BCUT2D eigenvalue weighted by molar-refractivity contribution is -0.157. The van der Waals surface area contributed by atoms with E-state index in [2.05, 4.69) is 40.3 Å². The van der Waals surface area contributed by atoms with Crippen molar-refractivity contribution in [1.82, 2.24) is 44.7 Å². The van der Waals surface area contributed by atoms with E-state index in [4.69, 9.17) is 20.4 Å². The van der Waals surface area contributed by atoms with Crippen molar-refractivity contribution in [1.29, 1.82) is 0 Å². The van der Waals surface area contributed by atoms with Crippen LogP contribution in [0.15, 0.2) is 10.3 Å². The number of oxime groups is 1. The number of tetrazole rings is 1. The number of anilines is 1. The monoisotopic (exact) mass is 671 g/mol. The third-order valence-electron chi connectivity index (χ3n) is 7.02. The second-order valence-corrected chi connectivity index (χ2v) is 12.9. The number of hydrogen-bond acceptors (Lipinski definition) is 17. The predicted molar refractivity (Wildman–Crippen MR) is 155 cm³/mol. The standard InChI is InChI=1S/C22H29N11O8S3/c23-20-25-15(28-44-20)13(27-41-8-12(34)35)16(36)24-14-17(37)32-9-22(19(38)39,10-42-18(14)32)11-43-21-26-29-30-33(21)3-1-2-31-4-6-40-7-5-31/h14,18H,1-11H2,(H,24,36)(H,34,35)(H,38,39)(H2,23,25,28)/t14?,18-,22?/m1/s1. The molecule has 5 N–H and O–H groups in total. The van der Waals surface area contributed by atoms with Gasteiger partial charge >= 0.3 is 11.9 Å². The van der Waals surface area contributed by atoms with Crippen LogP contribution in [0.5, 0.6) is 0 Å². The third-order valence-corrected chi connectivity index (χ3v) is 10.4. The fraction of sp³-hybridized carbons (Fsp3) is 0.636. The van der Waals surface area contributed by atoms with E-state index in [9.17, 15) is 24.3 Å². The number of carboxylic acid groups (broad SMARTS) is 2. The molecule has 0 aromatic carbocycles. The van der Waals surface area contributed by atoms with Gasteiger partial charge in [-0.3, -0.25) is 19.3 Å². The number of carbonyl (C=O) groups excluding carboxylic acids is 2. The van der Waals surface area contributed by atoms with E-state index in [0.29, 0.717) is 24.9 Å². The first-order valence-electron chi connectivity index (χ1n) is 13.3. The van der Waals surface area contributed by atoms with Crippen molar-refractivity contribution in [2.45, 2.75) is 29.5 Å². The third kappa shape index (κ3) is 7.20. The minimum atomic E-state index is -1.32. The Hall–Kier alpha value is -3.60. The summed E-state index contributed by atoms with van der Waals surface area (Å²) in [5, 5.41) is 37.0. The maximum Gasteiger partial charge on any atom is 0.344 e. The van der Waals surface area contributed by atoms with Crippen LogP contribution in [0.4, 0.5) is 5.13 Å². The van der Waals surface area contributed by atoms with E-state index >= 15 is 0 Å². The summed E-state index contributed by atoms with van der Waals surface area (Å²) in [6, 6.07) is -0.980. The molecule has 44 heavy (non-hydrogen) atoms. The Bertz CT molecular complexity index is 1420. The molecule has 3 fully saturated rings. The Kier molecular flexibility index (Phi) is 10.1. The highest BCUT2D eigenvalue weighted by Crippen LogP contribution is 2.44. The van der Waals surface area contributed by atoms with Crippen molar-refractivity contribution < 1.29 is 39.0 Å². The number of nitrogens with zero attached hydrogens (tertiary/aromatic N) is 9. The number of thioether (sulfide) groups is 2. The van der Waals surface area contributed by atoms with Gasteiger partial charge in [-0.2, -0.15) is 9.36 Å². The van der Waals surface area contributed by atoms with Gasteiger partial charge in [-0.25, -0.2) is 9.48 Å². The van der Waals surface area contributed by atoms with Gasteiger partial charge in [-0.1, -0.05) is 16.9 Å². The molecule has 3 aliphatic heterocycles. The minimum absolute atomic E-state index is 0.0392. The lowest BCUT2D eigenvalue weighted by Gasteiger charge is -2.53. The number of rotatable bonds is 14. The van der Waals surface area contributed by atoms with Crippen molar-refractivity contribution in [3.05, 3.63) is 5.82 Å². The first-order chi connectivity index (χ1) is 21.2. The van der Waals surface area contributed by atoms with Crippen molar-refractivity contribution in [2.75, 3.05) is 63.2 Å². The maximum atomic E-state index is 13.1. The molecular weight excluding hydrogens is 643 g/mol. The molecule has 3 aliphatic rings. The van der Waals surface area contributed by atoms with Crippen LogP contribution in [0.1, 0.15) is 12.2 Å². The number of aryl methyl sites for hydroxylation is 1. The Balaban J connectivity index is 1.18. The smallest absolute Gasteiger partial charge is 0.344 e. The summed E-state index contributed by atoms with van der Waals surface area (Å²) < 4.78 is 10.9. The molecule has 3 saturated heterocycles. The van der Waals surface area contributed by atoms with Crippen LogP contribution in [0.25, 0.3) is 0 Å². The van der Waals surface area contributed by atoms with E-state index in [1.54, 1.807) is 4.68 Å². The summed E-state index contributed by atoms with van der Waals surface area (Å²) >= 11 is 3.24. The average molecular weight is 672 g/mol. The number of aromatic nitrogens is 6. The molecule has 0 bridgehead atoms. The van der Waals surface area contributed by atoms with Crippen LogP contribution in [0.3, 0.4) is 0 Å². The zero-order valence-corrected chi connectivity index (χ0v) is 25.6. The number of aliphatic carboxylic acids is 2. The largest absolute Gasteiger partial charge is 0.481 e. The number of hydrogen-bond donors (Lipinski definition) is 4. The number of ether oxygens (including phenoxy) is 1. The van der Waals surface area contributed by atoms with Gasteiger partial charge in [0.15, 0.2) is 5.13 Å². The summed E-state index contributed by atoms with van der Waals surface area (Å²) in [5.74, 6) is -3.62. The number of fused-ring (bicyclic) bond motifs is 1. The highest BCUT2D eigenvalue weighted by atomic mass is 32.2. The lowest BCUT2D eigenvalue weighted by Crippen LogP contribution is -2.74. The Labute approximate surface area is 262 Å². The van der Waals surface area contributed by atoms with Gasteiger partial charge in [0.2, 0.25) is 29.2 Å². The lowest BCUT2D eigenvalue weighted by atomic mass is 9.89. The molecule has 2 aromatic rings. The quantitative estimate of drug-likeness (QED) is 0.0726. The summed E-state index contributed by atoms with van der Waals surface area (Å²) in [4.78, 5) is 61.7. The number of carboxylic acids is 2. The van der Waals surface area contributed by atoms with E-state index in [1.807, 2.05) is 0 Å². The minimum Gasteiger partial charge on any atom is -0.481 e. The number of morpholine rings is 1. The molecule has 2 unspecified atom stereocenters. The second-order valence-electron chi connectivity index (χ2n) is 10.0. The molecule has 5 rings (SSSR count). The van der Waals surface area contributed by atoms with E-state index in [0.717, 1.165) is 37.6 Å². The van der Waals surface area contributed by atoms with Gasteiger partial charge in [-0.05, 0) is 16.8 Å². The van der Waals surface area contributed by atoms with Gasteiger partial charge in [-0.15, -0.1) is 16.9 Å². The fourth-order valence-corrected chi connectivity index (χ4v) is 7.89. The number of carbonyl (C=O) groups is 4. The average Bonchev–Trinajstić information content (AvgIpc) is 3.65. The van der Waals surface area contributed by atoms with Crippen LogP contribution >= 0.6 is 35.1 Å². The second kappa shape index (κ2) is 14.0. The Morgan fingerprint density at radius 1 is 1.25 bits per heavy atom. The molecule has 0 radical (unpaired) electrons. The van der Waals surface area contributed by atoms with Gasteiger partial charge in [0.05, 0.1) is 13.2 Å². The molecule has 3 atom stereocenters. The van der Waals surface area contributed by atoms with Crippen LogP contribution < -0.4 is 11.1 Å². The number of β-lactam (4-membered cyclic amide) rings is 1. The first-order valence-corrected chi connectivity index (χ1v) is 16.1. The molecule has 2 aromatic heterocycles. The van der Waals surface area contributed by atoms with Gasteiger partial charge < -0.3 is 35.7 Å². The summed E-state index contributed by atoms with van der Waals surface area (Å²) in [5.41, 5.74) is 3.87. The zero-order chi connectivity index (χ0) is 31.3. The van der Waals surface area contributed by atoms with Crippen LogP contribution in [-0.4, -0.2) is 148 Å². The summed E-state index contributed by atoms with van der Waals surface area (Å²) in [6.45, 7) is 3.75. The summed E-state index contributed by atoms with van der Waals surface area (Å²) in [6.07, 6.45) is 0.819. The first kappa shape index (κ1) is 31.8. The fourth-order valence-electron chi connectivity index (χ4n) is 4.69. The van der Waals surface area contributed by atoms with E-state index in [-0.39, 0.29) is 29.0 Å². The summed E-state index contributed by atoms with van der Waals surface area (Å²) in [7, 11) is 0. The van der Waals surface area contributed by atoms with Crippen molar-refractivity contribution in [3.63, 3.8) is 0 Å². The van der Waals surface area contributed by atoms with Crippen molar-refractivity contribution in [3.8, 4) is 0 Å². The molecule has 22 heteroatoms. The molecule has 2 amide bonds. The number of nitrogens with one attached hydrogen (secondary N) is 1. The maximum absolute atomic E-state index is 13.1. The van der Waals surface area contributed by atoms with Crippen molar-refractivity contribution in [2.24, 2.45) is 10.6 Å². The Morgan fingerprint density at radius 2 is 2.05 bits per heavy atom. The van der Waals surface area contributed by atoms with Crippen LogP contribution in [0, 0.1) is 5.41 Å². The van der Waals surface area contributed by atoms with Gasteiger partial charge in [0, 0.05) is 55.8 Å². The number of nitrogens with two attached hydrogens (primary N) is 1. The van der Waals surface area contributed by atoms with E-state index < -0.39 is 52.9 Å².